The molecule has 2 rings (SSSR count). The molecule has 0 spiro atoms. The molecule has 5 heteroatoms. The zero-order valence-electron chi connectivity index (χ0n) is 13.4. The summed E-state index contributed by atoms with van der Waals surface area (Å²) in [5, 5.41) is 2.82. The molecule has 0 aliphatic heterocycles. The second-order valence-corrected chi connectivity index (χ2v) is 6.68. The first-order valence-electron chi connectivity index (χ1n) is 7.47. The van der Waals surface area contributed by atoms with Crippen LogP contribution in [0.3, 0.4) is 0 Å². The van der Waals surface area contributed by atoms with E-state index in [0.717, 1.165) is 11.3 Å². The van der Waals surface area contributed by atoms with E-state index in [9.17, 15) is 9.00 Å². The lowest BCUT2D eigenvalue weighted by atomic mass is 10.2. The summed E-state index contributed by atoms with van der Waals surface area (Å²) in [5.41, 5.74) is 1.82. The number of nitrogens with one attached hydrogen (secondary N) is 1. The molecule has 0 saturated heterocycles. The van der Waals surface area contributed by atoms with Gasteiger partial charge < -0.3 is 10.1 Å². The van der Waals surface area contributed by atoms with Crippen molar-refractivity contribution in [3.63, 3.8) is 0 Å². The molecule has 2 aromatic carbocycles. The molecular weight excluding hydrogens is 310 g/mol. The summed E-state index contributed by atoms with van der Waals surface area (Å²) in [6.07, 6.45) is 2.63. The highest BCUT2D eigenvalue weighted by molar-refractivity contribution is 7.84. The minimum Gasteiger partial charge on any atom is -0.494 e. The summed E-state index contributed by atoms with van der Waals surface area (Å²) in [7, 11) is -1.06. The van der Waals surface area contributed by atoms with Crippen molar-refractivity contribution in [1.82, 2.24) is 0 Å². The van der Waals surface area contributed by atoms with E-state index >= 15 is 0 Å². The van der Waals surface area contributed by atoms with Gasteiger partial charge in [0.1, 0.15) is 5.75 Å². The van der Waals surface area contributed by atoms with Crippen LogP contribution in [0, 0.1) is 6.92 Å². The summed E-state index contributed by atoms with van der Waals surface area (Å²) >= 11 is 0. The number of rotatable bonds is 7. The number of benzene rings is 2. The average Bonchev–Trinajstić information content (AvgIpc) is 2.52. The third-order valence-corrected chi connectivity index (χ3v) is 4.17. The van der Waals surface area contributed by atoms with Gasteiger partial charge in [0.05, 0.1) is 6.61 Å². The molecule has 4 nitrogen and oxygen atoms in total. The first-order valence-corrected chi connectivity index (χ1v) is 9.03. The van der Waals surface area contributed by atoms with Gasteiger partial charge in [-0.25, -0.2) is 0 Å². The molecule has 0 saturated carbocycles. The van der Waals surface area contributed by atoms with E-state index in [1.165, 1.54) is 0 Å². The fourth-order valence-corrected chi connectivity index (χ4v) is 2.67. The Balaban J connectivity index is 1.75. The summed E-state index contributed by atoms with van der Waals surface area (Å²) in [4.78, 5) is 12.6. The van der Waals surface area contributed by atoms with E-state index < -0.39 is 10.8 Å². The van der Waals surface area contributed by atoms with E-state index in [-0.39, 0.29) is 5.91 Å². The number of amides is 1. The third kappa shape index (κ3) is 5.87. The first-order chi connectivity index (χ1) is 11.0. The Labute approximate surface area is 139 Å². The summed E-state index contributed by atoms with van der Waals surface area (Å²) in [5.74, 6) is 0.750. The van der Waals surface area contributed by atoms with Crippen molar-refractivity contribution in [1.29, 1.82) is 0 Å². The van der Waals surface area contributed by atoms with Gasteiger partial charge in [-0.1, -0.05) is 18.2 Å². The molecule has 0 bridgehead atoms. The van der Waals surface area contributed by atoms with Gasteiger partial charge >= 0.3 is 0 Å². The lowest BCUT2D eigenvalue weighted by Gasteiger charge is -2.08. The molecule has 1 amide bonds. The number of hydrogen-bond acceptors (Lipinski definition) is 3. The van der Waals surface area contributed by atoms with E-state index in [0.29, 0.717) is 30.0 Å². The molecule has 0 aromatic heterocycles. The lowest BCUT2D eigenvalue weighted by Crippen LogP contribution is -2.13. The molecule has 1 N–H and O–H groups in total. The summed E-state index contributed by atoms with van der Waals surface area (Å²) in [6, 6.07) is 14.9. The topological polar surface area (TPSA) is 55.4 Å². The fourth-order valence-electron chi connectivity index (χ4n) is 2.10. The Morgan fingerprint density at radius 2 is 1.96 bits per heavy atom. The van der Waals surface area contributed by atoms with Crippen molar-refractivity contribution in [2.24, 2.45) is 0 Å². The molecule has 122 valence electrons. The SMILES string of the molecule is Cc1cccc(OCCCC(=O)Nc2cccc([S@](C)=O)c2)c1. The largest absolute Gasteiger partial charge is 0.494 e. The molecule has 2 aromatic rings. The maximum absolute atomic E-state index is 11.9. The minimum absolute atomic E-state index is 0.0723. The molecule has 0 heterocycles. The highest BCUT2D eigenvalue weighted by Gasteiger charge is 2.05. The van der Waals surface area contributed by atoms with Crippen molar-refractivity contribution in [2.75, 3.05) is 18.2 Å². The van der Waals surface area contributed by atoms with Gasteiger partial charge in [0.15, 0.2) is 0 Å². The summed E-state index contributed by atoms with van der Waals surface area (Å²) in [6.45, 7) is 2.51. The molecule has 0 radical (unpaired) electrons. The number of aryl methyl sites for hydroxylation is 1. The third-order valence-electron chi connectivity index (χ3n) is 3.26. The van der Waals surface area contributed by atoms with Crippen LogP contribution in [0.15, 0.2) is 53.4 Å². The van der Waals surface area contributed by atoms with Crippen molar-refractivity contribution in [3.8, 4) is 5.75 Å². The van der Waals surface area contributed by atoms with Crippen LogP contribution in [0.5, 0.6) is 5.75 Å². The van der Waals surface area contributed by atoms with E-state index in [4.69, 9.17) is 4.74 Å². The van der Waals surface area contributed by atoms with Gasteiger partial charge in [-0.3, -0.25) is 9.00 Å². The monoisotopic (exact) mass is 331 g/mol. The number of anilines is 1. The zero-order valence-corrected chi connectivity index (χ0v) is 14.2. The van der Waals surface area contributed by atoms with Crippen LogP contribution in [0.25, 0.3) is 0 Å². The van der Waals surface area contributed by atoms with Crippen LogP contribution in [0.4, 0.5) is 5.69 Å². The van der Waals surface area contributed by atoms with Crippen LogP contribution in [0.2, 0.25) is 0 Å². The molecule has 0 aliphatic rings. The van der Waals surface area contributed by atoms with Crippen molar-refractivity contribution >= 4 is 22.4 Å². The summed E-state index contributed by atoms with van der Waals surface area (Å²) < 4.78 is 17.1. The smallest absolute Gasteiger partial charge is 0.224 e. The van der Waals surface area contributed by atoms with Gasteiger partial charge in [-0.05, 0) is 49.2 Å². The molecule has 1 atom stereocenters. The van der Waals surface area contributed by atoms with Crippen LogP contribution >= 0.6 is 0 Å². The van der Waals surface area contributed by atoms with Crippen molar-refractivity contribution in [2.45, 2.75) is 24.7 Å². The van der Waals surface area contributed by atoms with Crippen LogP contribution in [0.1, 0.15) is 18.4 Å². The normalized spacial score (nSPS) is 11.7. The maximum Gasteiger partial charge on any atom is 0.224 e. The van der Waals surface area contributed by atoms with E-state index in [1.54, 1.807) is 30.5 Å². The molecule has 0 fully saturated rings. The predicted molar refractivity (Wildman–Crippen MR) is 93.3 cm³/mol. The predicted octanol–water partition coefficient (Wildman–Crippen LogP) is 3.53. The van der Waals surface area contributed by atoms with Gasteiger partial charge in [0.25, 0.3) is 0 Å². The van der Waals surface area contributed by atoms with Gasteiger partial charge in [0.2, 0.25) is 5.91 Å². The quantitative estimate of drug-likeness (QED) is 0.790. The standard InChI is InChI=1S/C18H21NO3S/c1-14-6-3-8-16(12-14)22-11-5-10-18(20)19-15-7-4-9-17(13-15)23(2)21/h3-4,6-9,12-13H,5,10-11H2,1-2H3,(H,19,20)/t23-/m0/s1. The number of carbonyl (C=O) groups is 1. The second kappa shape index (κ2) is 8.48. The molecule has 0 aliphatic carbocycles. The highest BCUT2D eigenvalue weighted by atomic mass is 32.2. The number of carbonyl (C=O) groups excluding carboxylic acids is 1. The maximum atomic E-state index is 11.9. The van der Waals surface area contributed by atoms with Crippen LogP contribution < -0.4 is 10.1 Å². The molecule has 0 unspecified atom stereocenters. The Morgan fingerprint density at radius 3 is 2.70 bits per heavy atom. The van der Waals surface area contributed by atoms with E-state index in [1.807, 2.05) is 31.2 Å². The minimum atomic E-state index is -1.06. The number of hydrogen-bond donors (Lipinski definition) is 1. The highest BCUT2D eigenvalue weighted by Crippen LogP contribution is 2.15. The Morgan fingerprint density at radius 1 is 1.17 bits per heavy atom. The fraction of sp³-hybridized carbons (Fsp3) is 0.278. The van der Waals surface area contributed by atoms with Gasteiger partial charge in [-0.2, -0.15) is 0 Å². The average molecular weight is 331 g/mol. The van der Waals surface area contributed by atoms with Crippen LogP contribution in [-0.4, -0.2) is 23.0 Å². The zero-order chi connectivity index (χ0) is 16.7. The van der Waals surface area contributed by atoms with Crippen molar-refractivity contribution in [3.05, 3.63) is 54.1 Å². The Bertz CT molecular complexity index is 700. The number of ether oxygens (including phenoxy) is 1. The van der Waals surface area contributed by atoms with Gasteiger partial charge in [0, 0.05) is 34.1 Å². The van der Waals surface area contributed by atoms with E-state index in [2.05, 4.69) is 5.32 Å². The Hall–Kier alpha value is -2.14. The van der Waals surface area contributed by atoms with Crippen LogP contribution in [-0.2, 0) is 15.6 Å². The molecular formula is C18H21NO3S. The Kier molecular flexibility index (Phi) is 6.35. The van der Waals surface area contributed by atoms with Crippen molar-refractivity contribution < 1.29 is 13.7 Å². The van der Waals surface area contributed by atoms with Gasteiger partial charge in [-0.15, -0.1) is 0 Å². The molecule has 23 heavy (non-hydrogen) atoms. The lowest BCUT2D eigenvalue weighted by molar-refractivity contribution is -0.116. The second-order valence-electron chi connectivity index (χ2n) is 5.30. The first kappa shape index (κ1) is 17.2.